The molecule has 1 aromatic rings. The quantitative estimate of drug-likeness (QED) is 0.654. The first-order valence-electron chi connectivity index (χ1n) is 5.16. The third kappa shape index (κ3) is 2.58. The van der Waals surface area contributed by atoms with Gasteiger partial charge >= 0.3 is 0 Å². The first-order chi connectivity index (χ1) is 6.29. The van der Waals surface area contributed by atoms with Gasteiger partial charge in [0.05, 0.1) is 0 Å². The van der Waals surface area contributed by atoms with E-state index < -0.39 is 0 Å². The molecule has 0 nitrogen and oxygen atoms in total. The van der Waals surface area contributed by atoms with Gasteiger partial charge in [-0.1, -0.05) is 38.5 Å². The van der Waals surface area contributed by atoms with Gasteiger partial charge in [-0.15, -0.1) is 0 Å². The van der Waals surface area contributed by atoms with Gasteiger partial charge in [-0.25, -0.2) is 0 Å². The number of benzene rings is 1. The lowest BCUT2D eigenvalue weighted by Crippen LogP contribution is -1.96. The summed E-state index contributed by atoms with van der Waals surface area (Å²) < 4.78 is 0. The molecule has 13 heavy (non-hydrogen) atoms. The second kappa shape index (κ2) is 5.06. The molecule has 0 aliphatic carbocycles. The van der Waals surface area contributed by atoms with Gasteiger partial charge in [0.2, 0.25) is 0 Å². The highest BCUT2D eigenvalue weighted by atomic mass is 14.1. The van der Waals surface area contributed by atoms with Crippen LogP contribution in [-0.2, 0) is 12.8 Å². The Labute approximate surface area is 82.0 Å². The molecule has 0 heteroatoms. The Kier molecular flexibility index (Phi) is 4.01. The van der Waals surface area contributed by atoms with Crippen LogP contribution in [0.3, 0.4) is 0 Å². The Morgan fingerprint density at radius 2 is 2.08 bits per heavy atom. The summed E-state index contributed by atoms with van der Waals surface area (Å²) >= 11 is 0. The zero-order chi connectivity index (χ0) is 9.68. The summed E-state index contributed by atoms with van der Waals surface area (Å²) in [6.45, 7) is 8.32. The molecule has 0 heterocycles. The van der Waals surface area contributed by atoms with E-state index in [1.807, 2.05) is 0 Å². The maximum Gasteiger partial charge on any atom is -0.0274 e. The molecule has 0 spiro atoms. The van der Waals surface area contributed by atoms with E-state index in [1.54, 1.807) is 5.56 Å². The molecule has 0 atom stereocenters. The lowest BCUT2D eigenvalue weighted by Gasteiger charge is -2.10. The van der Waals surface area contributed by atoms with Gasteiger partial charge in [0.15, 0.2) is 0 Å². The van der Waals surface area contributed by atoms with E-state index >= 15 is 0 Å². The van der Waals surface area contributed by atoms with E-state index in [0.29, 0.717) is 0 Å². The fourth-order valence-corrected chi connectivity index (χ4v) is 1.75. The summed E-state index contributed by atoms with van der Waals surface area (Å²) in [6, 6.07) is 6.60. The Bertz CT molecular complexity index is 261. The van der Waals surface area contributed by atoms with E-state index in [0.717, 1.165) is 12.8 Å². The molecule has 1 aromatic carbocycles. The van der Waals surface area contributed by atoms with E-state index in [-0.39, 0.29) is 0 Å². The van der Waals surface area contributed by atoms with Crippen LogP contribution in [0.25, 0.3) is 0 Å². The van der Waals surface area contributed by atoms with Crippen LogP contribution in [0.5, 0.6) is 0 Å². The van der Waals surface area contributed by atoms with Crippen molar-refractivity contribution in [1.82, 2.24) is 0 Å². The first-order valence-corrected chi connectivity index (χ1v) is 5.16. The van der Waals surface area contributed by atoms with Crippen LogP contribution in [-0.4, -0.2) is 0 Å². The Morgan fingerprint density at radius 1 is 1.31 bits per heavy atom. The van der Waals surface area contributed by atoms with Gasteiger partial charge in [-0.3, -0.25) is 0 Å². The van der Waals surface area contributed by atoms with Crippen molar-refractivity contribution in [3.63, 3.8) is 0 Å². The van der Waals surface area contributed by atoms with E-state index in [2.05, 4.69) is 39.0 Å². The molecule has 0 aliphatic heterocycles. The van der Waals surface area contributed by atoms with Crippen LogP contribution >= 0.6 is 0 Å². The molecule has 0 aliphatic rings. The van der Waals surface area contributed by atoms with Crippen LogP contribution in [0.4, 0.5) is 0 Å². The molecule has 1 radical (unpaired) electrons. The zero-order valence-corrected chi connectivity index (χ0v) is 8.77. The van der Waals surface area contributed by atoms with Crippen molar-refractivity contribution >= 4 is 0 Å². The maximum absolute atomic E-state index is 3.89. The minimum Gasteiger partial charge on any atom is -0.0617 e. The topological polar surface area (TPSA) is 0 Å². The van der Waals surface area contributed by atoms with Crippen molar-refractivity contribution in [1.29, 1.82) is 0 Å². The SMILES string of the molecule is [CH2]CCCc1c(C)cccc1CC. The molecule has 1 rings (SSSR count). The molecule has 0 amide bonds. The van der Waals surface area contributed by atoms with Crippen LogP contribution in [0.2, 0.25) is 0 Å². The van der Waals surface area contributed by atoms with Crippen LogP contribution in [0.15, 0.2) is 18.2 Å². The van der Waals surface area contributed by atoms with Gasteiger partial charge in [0.1, 0.15) is 0 Å². The standard InChI is InChI=1S/C13H19/c1-4-6-10-13-11(3)8-7-9-12(13)5-2/h7-9H,1,4-6,10H2,2-3H3. The van der Waals surface area contributed by atoms with E-state index in [9.17, 15) is 0 Å². The molecular formula is C13H19. The highest BCUT2D eigenvalue weighted by molar-refractivity contribution is 5.34. The molecule has 0 N–H and O–H groups in total. The minimum atomic E-state index is 1.04. The Hall–Kier alpha value is -0.780. The normalized spacial score (nSPS) is 10.4. The fraction of sp³-hybridized carbons (Fsp3) is 0.462. The lowest BCUT2D eigenvalue weighted by atomic mass is 9.96. The van der Waals surface area contributed by atoms with Gasteiger partial charge in [0.25, 0.3) is 0 Å². The number of rotatable bonds is 4. The summed E-state index contributed by atoms with van der Waals surface area (Å²) in [6.07, 6.45) is 4.59. The average Bonchev–Trinajstić information content (AvgIpc) is 2.15. The summed E-state index contributed by atoms with van der Waals surface area (Å²) in [5, 5.41) is 0. The first kappa shape index (κ1) is 10.3. The Balaban J connectivity index is 2.87. The average molecular weight is 175 g/mol. The summed E-state index contributed by atoms with van der Waals surface area (Å²) in [5.74, 6) is 0. The molecule has 0 unspecified atom stereocenters. The van der Waals surface area contributed by atoms with Crippen molar-refractivity contribution in [2.75, 3.05) is 0 Å². The minimum absolute atomic E-state index is 1.04. The van der Waals surface area contributed by atoms with Crippen molar-refractivity contribution in [2.45, 2.75) is 39.5 Å². The zero-order valence-electron chi connectivity index (χ0n) is 8.77. The van der Waals surface area contributed by atoms with Crippen molar-refractivity contribution in [2.24, 2.45) is 0 Å². The molecule has 0 saturated carbocycles. The molecular weight excluding hydrogens is 156 g/mol. The van der Waals surface area contributed by atoms with Crippen LogP contribution in [0, 0.1) is 13.8 Å². The monoisotopic (exact) mass is 175 g/mol. The summed E-state index contributed by atoms with van der Waals surface area (Å²) in [7, 11) is 0. The van der Waals surface area contributed by atoms with Gasteiger partial charge in [-0.2, -0.15) is 0 Å². The second-order valence-corrected chi connectivity index (χ2v) is 3.52. The van der Waals surface area contributed by atoms with Crippen LogP contribution in [0.1, 0.15) is 36.5 Å². The number of aryl methyl sites for hydroxylation is 2. The molecule has 0 fully saturated rings. The summed E-state index contributed by atoms with van der Waals surface area (Å²) in [4.78, 5) is 0. The van der Waals surface area contributed by atoms with Crippen LogP contribution < -0.4 is 0 Å². The predicted octanol–water partition coefficient (Wildman–Crippen LogP) is 3.71. The third-order valence-electron chi connectivity index (χ3n) is 2.56. The largest absolute Gasteiger partial charge is 0.0617 e. The lowest BCUT2D eigenvalue weighted by molar-refractivity contribution is 0.823. The highest BCUT2D eigenvalue weighted by Crippen LogP contribution is 2.17. The smallest absolute Gasteiger partial charge is 0.0274 e. The number of hydrogen-bond donors (Lipinski definition) is 0. The number of unbranched alkanes of at least 4 members (excludes halogenated alkanes) is 1. The molecule has 0 bridgehead atoms. The molecule has 0 aromatic heterocycles. The van der Waals surface area contributed by atoms with E-state index in [4.69, 9.17) is 0 Å². The van der Waals surface area contributed by atoms with Gasteiger partial charge in [0, 0.05) is 0 Å². The summed E-state index contributed by atoms with van der Waals surface area (Å²) in [5.41, 5.74) is 4.50. The van der Waals surface area contributed by atoms with Crippen molar-refractivity contribution in [3.8, 4) is 0 Å². The third-order valence-corrected chi connectivity index (χ3v) is 2.56. The molecule has 0 saturated heterocycles. The Morgan fingerprint density at radius 3 is 2.69 bits per heavy atom. The van der Waals surface area contributed by atoms with Gasteiger partial charge in [-0.05, 0) is 42.9 Å². The second-order valence-electron chi connectivity index (χ2n) is 3.52. The number of hydrogen-bond acceptors (Lipinski definition) is 0. The highest BCUT2D eigenvalue weighted by Gasteiger charge is 2.02. The van der Waals surface area contributed by atoms with Crippen molar-refractivity contribution < 1.29 is 0 Å². The van der Waals surface area contributed by atoms with Crippen molar-refractivity contribution in [3.05, 3.63) is 41.8 Å². The maximum atomic E-state index is 3.89. The predicted molar refractivity (Wildman–Crippen MR) is 58.9 cm³/mol. The molecule has 71 valence electrons. The fourth-order valence-electron chi connectivity index (χ4n) is 1.75. The van der Waals surface area contributed by atoms with E-state index in [1.165, 1.54) is 24.0 Å². The van der Waals surface area contributed by atoms with Gasteiger partial charge < -0.3 is 0 Å².